The first-order valence-corrected chi connectivity index (χ1v) is 9.66. The highest BCUT2D eigenvalue weighted by Gasteiger charge is 2.31. The first-order chi connectivity index (χ1) is 13.0. The number of piperazine rings is 1. The number of nitrogens with one attached hydrogen (secondary N) is 2. The van der Waals surface area contributed by atoms with E-state index in [1.54, 1.807) is 24.3 Å². The summed E-state index contributed by atoms with van der Waals surface area (Å²) in [5.74, 6) is -0.0484. The molecule has 0 aliphatic carbocycles. The summed E-state index contributed by atoms with van der Waals surface area (Å²) in [5, 5.41) is 5.92. The van der Waals surface area contributed by atoms with Gasteiger partial charge in [0.2, 0.25) is 11.8 Å². The van der Waals surface area contributed by atoms with Crippen molar-refractivity contribution < 1.29 is 14.4 Å². The number of hydrogen-bond acceptors (Lipinski definition) is 4. The summed E-state index contributed by atoms with van der Waals surface area (Å²) >= 11 is 0. The molecule has 2 N–H and O–H groups in total. The van der Waals surface area contributed by atoms with Crippen LogP contribution in [0.4, 0.5) is 5.69 Å². The monoisotopic (exact) mass is 408 g/mol. The second-order valence-corrected chi connectivity index (χ2v) is 7.53. The first-order valence-electron chi connectivity index (χ1n) is 9.66. The molecule has 3 rings (SSSR count). The van der Waals surface area contributed by atoms with Crippen LogP contribution in [0, 0.1) is 5.92 Å². The summed E-state index contributed by atoms with van der Waals surface area (Å²) in [6, 6.07) is 7.11. The molecular formula is C20H29ClN4O3. The topological polar surface area (TPSA) is 81.8 Å². The Morgan fingerprint density at radius 3 is 2.54 bits per heavy atom. The molecule has 1 unspecified atom stereocenters. The van der Waals surface area contributed by atoms with Gasteiger partial charge in [0.1, 0.15) is 0 Å². The predicted octanol–water partition coefficient (Wildman–Crippen LogP) is 1.74. The van der Waals surface area contributed by atoms with E-state index in [0.29, 0.717) is 37.4 Å². The third-order valence-corrected chi connectivity index (χ3v) is 5.17. The number of halogens is 1. The van der Waals surface area contributed by atoms with Crippen LogP contribution in [0.3, 0.4) is 0 Å². The summed E-state index contributed by atoms with van der Waals surface area (Å²) in [6.45, 7) is 6.85. The second kappa shape index (κ2) is 9.89. The number of carbonyl (C=O) groups is 3. The largest absolute Gasteiger partial charge is 0.337 e. The predicted molar refractivity (Wildman–Crippen MR) is 111 cm³/mol. The van der Waals surface area contributed by atoms with E-state index in [1.807, 2.05) is 23.6 Å². The molecule has 8 heteroatoms. The standard InChI is InChI=1S/C20H28N4O3.ClH/c1-14(2)19(26)22-16-7-5-15(6-8-16)20(27)23-10-3-4-17(13-23)24-11-9-21-12-18(24)25;/h5-8,14,17,21H,3-4,9-13H2,1-2H3,(H,22,26);1H. The van der Waals surface area contributed by atoms with E-state index < -0.39 is 0 Å². The van der Waals surface area contributed by atoms with Crippen LogP contribution in [0.5, 0.6) is 0 Å². The lowest BCUT2D eigenvalue weighted by molar-refractivity contribution is -0.135. The van der Waals surface area contributed by atoms with Gasteiger partial charge in [0.25, 0.3) is 5.91 Å². The van der Waals surface area contributed by atoms with Gasteiger partial charge in [-0.1, -0.05) is 13.8 Å². The Hall–Kier alpha value is -2.12. The Balaban J connectivity index is 0.00000280. The Morgan fingerprint density at radius 1 is 1.18 bits per heavy atom. The van der Waals surface area contributed by atoms with E-state index in [0.717, 1.165) is 19.4 Å². The van der Waals surface area contributed by atoms with Gasteiger partial charge in [0, 0.05) is 49.4 Å². The molecule has 2 saturated heterocycles. The number of carbonyl (C=O) groups excluding carboxylic acids is 3. The van der Waals surface area contributed by atoms with Gasteiger partial charge < -0.3 is 20.4 Å². The molecule has 0 spiro atoms. The van der Waals surface area contributed by atoms with Crippen molar-refractivity contribution in [3.63, 3.8) is 0 Å². The quantitative estimate of drug-likeness (QED) is 0.795. The lowest BCUT2D eigenvalue weighted by Gasteiger charge is -2.41. The number of amides is 3. The third kappa shape index (κ3) is 5.23. The Labute approximate surface area is 172 Å². The van der Waals surface area contributed by atoms with E-state index in [9.17, 15) is 14.4 Å². The molecule has 2 aliphatic heterocycles. The van der Waals surface area contributed by atoms with Gasteiger partial charge in [0.05, 0.1) is 6.54 Å². The van der Waals surface area contributed by atoms with Gasteiger partial charge in [0.15, 0.2) is 0 Å². The van der Waals surface area contributed by atoms with Gasteiger partial charge >= 0.3 is 0 Å². The minimum Gasteiger partial charge on any atom is -0.337 e. The molecule has 1 aromatic rings. The SMILES string of the molecule is CC(C)C(=O)Nc1ccc(C(=O)N2CCCC(N3CCNCC3=O)C2)cc1.Cl. The van der Waals surface area contributed by atoms with Crippen molar-refractivity contribution in [3.8, 4) is 0 Å². The molecule has 2 fully saturated rings. The molecule has 0 radical (unpaired) electrons. The number of rotatable bonds is 4. The summed E-state index contributed by atoms with van der Waals surface area (Å²) in [5.41, 5.74) is 1.29. The van der Waals surface area contributed by atoms with Crippen molar-refractivity contribution in [2.24, 2.45) is 5.92 Å². The summed E-state index contributed by atoms with van der Waals surface area (Å²) in [6.07, 6.45) is 1.84. The highest BCUT2D eigenvalue weighted by Crippen LogP contribution is 2.20. The van der Waals surface area contributed by atoms with Crippen molar-refractivity contribution in [1.29, 1.82) is 0 Å². The van der Waals surface area contributed by atoms with Crippen LogP contribution >= 0.6 is 12.4 Å². The molecule has 0 saturated carbocycles. The van der Waals surface area contributed by atoms with Gasteiger partial charge in [-0.05, 0) is 37.1 Å². The van der Waals surface area contributed by atoms with E-state index in [4.69, 9.17) is 0 Å². The van der Waals surface area contributed by atoms with Gasteiger partial charge in [-0.3, -0.25) is 14.4 Å². The molecule has 1 aromatic carbocycles. The molecule has 1 atom stereocenters. The number of nitrogens with zero attached hydrogens (tertiary/aromatic N) is 2. The highest BCUT2D eigenvalue weighted by atomic mass is 35.5. The zero-order valence-corrected chi connectivity index (χ0v) is 17.3. The normalized spacial score (nSPS) is 20.0. The van der Waals surface area contributed by atoms with Crippen LogP contribution in [0.2, 0.25) is 0 Å². The zero-order chi connectivity index (χ0) is 19.4. The molecule has 154 valence electrons. The van der Waals surface area contributed by atoms with Crippen LogP contribution < -0.4 is 10.6 Å². The average molecular weight is 409 g/mol. The number of benzene rings is 1. The van der Waals surface area contributed by atoms with Crippen molar-refractivity contribution in [1.82, 2.24) is 15.1 Å². The number of anilines is 1. The Morgan fingerprint density at radius 2 is 1.89 bits per heavy atom. The van der Waals surface area contributed by atoms with Gasteiger partial charge in [-0.25, -0.2) is 0 Å². The van der Waals surface area contributed by atoms with E-state index >= 15 is 0 Å². The number of piperidine rings is 1. The van der Waals surface area contributed by atoms with Crippen LogP contribution in [-0.2, 0) is 9.59 Å². The van der Waals surface area contributed by atoms with E-state index in [-0.39, 0.29) is 42.1 Å². The molecule has 0 aromatic heterocycles. The molecule has 2 aliphatic rings. The average Bonchev–Trinajstić information content (AvgIpc) is 2.68. The molecule has 2 heterocycles. The maximum atomic E-state index is 12.9. The summed E-state index contributed by atoms with van der Waals surface area (Å²) < 4.78 is 0. The molecule has 3 amide bonds. The number of hydrogen-bond donors (Lipinski definition) is 2. The Kier molecular flexibility index (Phi) is 7.83. The van der Waals surface area contributed by atoms with Crippen LogP contribution in [-0.4, -0.2) is 66.3 Å². The van der Waals surface area contributed by atoms with Crippen molar-refractivity contribution in [2.45, 2.75) is 32.7 Å². The fourth-order valence-electron chi connectivity index (χ4n) is 3.57. The van der Waals surface area contributed by atoms with Crippen molar-refractivity contribution >= 4 is 35.8 Å². The first kappa shape index (κ1) is 22.2. The Bertz CT molecular complexity index is 708. The van der Waals surface area contributed by atoms with Crippen LogP contribution in [0.25, 0.3) is 0 Å². The lowest BCUT2D eigenvalue weighted by atomic mass is 10.0. The lowest BCUT2D eigenvalue weighted by Crippen LogP contribution is -2.57. The molecule has 7 nitrogen and oxygen atoms in total. The zero-order valence-electron chi connectivity index (χ0n) is 16.4. The van der Waals surface area contributed by atoms with E-state index in [1.165, 1.54) is 0 Å². The van der Waals surface area contributed by atoms with E-state index in [2.05, 4.69) is 10.6 Å². The fraction of sp³-hybridized carbons (Fsp3) is 0.550. The van der Waals surface area contributed by atoms with Crippen molar-refractivity contribution in [3.05, 3.63) is 29.8 Å². The minimum atomic E-state index is -0.0933. The smallest absolute Gasteiger partial charge is 0.253 e. The molecule has 28 heavy (non-hydrogen) atoms. The van der Waals surface area contributed by atoms with Gasteiger partial charge in [-0.15, -0.1) is 12.4 Å². The molecular weight excluding hydrogens is 380 g/mol. The molecule has 0 bridgehead atoms. The maximum absolute atomic E-state index is 12.9. The minimum absolute atomic E-state index is 0. The van der Waals surface area contributed by atoms with Gasteiger partial charge in [-0.2, -0.15) is 0 Å². The highest BCUT2D eigenvalue weighted by molar-refractivity contribution is 5.96. The summed E-state index contributed by atoms with van der Waals surface area (Å²) in [4.78, 5) is 40.5. The number of likely N-dealkylation sites (tertiary alicyclic amines) is 1. The summed E-state index contributed by atoms with van der Waals surface area (Å²) in [7, 11) is 0. The third-order valence-electron chi connectivity index (χ3n) is 5.17. The van der Waals surface area contributed by atoms with Crippen molar-refractivity contribution in [2.75, 3.05) is 38.0 Å². The fourth-order valence-corrected chi connectivity index (χ4v) is 3.57. The van der Waals surface area contributed by atoms with Crippen LogP contribution in [0.1, 0.15) is 37.0 Å². The maximum Gasteiger partial charge on any atom is 0.253 e. The second-order valence-electron chi connectivity index (χ2n) is 7.53. The van der Waals surface area contributed by atoms with Crippen LogP contribution in [0.15, 0.2) is 24.3 Å².